The minimum Gasteiger partial charge on any atom is -0.493 e. The van der Waals surface area contributed by atoms with Crippen LogP contribution in [0.2, 0.25) is 0 Å². The van der Waals surface area contributed by atoms with Crippen molar-refractivity contribution in [1.82, 2.24) is 9.80 Å². The van der Waals surface area contributed by atoms with Crippen LogP contribution in [0, 0.1) is 13.8 Å². The third kappa shape index (κ3) is 4.53. The molecule has 5 nitrogen and oxygen atoms in total. The van der Waals surface area contributed by atoms with Crippen LogP contribution in [0.25, 0.3) is 0 Å². The van der Waals surface area contributed by atoms with Gasteiger partial charge in [0.1, 0.15) is 5.75 Å². The van der Waals surface area contributed by atoms with E-state index in [1.165, 1.54) is 11.1 Å². The van der Waals surface area contributed by atoms with Gasteiger partial charge in [0.05, 0.1) is 25.9 Å². The van der Waals surface area contributed by atoms with Crippen LogP contribution >= 0.6 is 0 Å². The largest absolute Gasteiger partial charge is 0.493 e. The molecular weight excluding hydrogens is 316 g/mol. The lowest BCUT2D eigenvalue weighted by Gasteiger charge is -2.32. The number of benzene rings is 1. The summed E-state index contributed by atoms with van der Waals surface area (Å²) in [5.74, 6) is 1.29. The molecule has 0 N–H and O–H groups in total. The standard InChI is InChI=1S/C20H30N2O3/c1-16-6-3-7-17(2)19(16)25-13-5-10-21-9-4-8-18(21)20(23)22-11-14-24-15-12-22/h3,6-7,18H,4-5,8-15H2,1-2H3. The van der Waals surface area contributed by atoms with E-state index in [1.54, 1.807) is 0 Å². The predicted molar refractivity (Wildman–Crippen MR) is 98.0 cm³/mol. The molecule has 2 saturated heterocycles. The second-order valence-corrected chi connectivity index (χ2v) is 7.05. The number of morpholine rings is 1. The number of aryl methyl sites for hydroxylation is 2. The molecule has 2 fully saturated rings. The van der Waals surface area contributed by atoms with Gasteiger partial charge in [0.15, 0.2) is 0 Å². The van der Waals surface area contributed by atoms with Crippen LogP contribution in [0.5, 0.6) is 5.75 Å². The number of likely N-dealkylation sites (tertiary alicyclic amines) is 1. The Balaban J connectivity index is 1.46. The minimum atomic E-state index is 0.0540. The maximum atomic E-state index is 12.8. The van der Waals surface area contributed by atoms with Crippen molar-refractivity contribution in [2.45, 2.75) is 39.2 Å². The SMILES string of the molecule is Cc1cccc(C)c1OCCCN1CCCC1C(=O)N1CCOCC1. The third-order valence-corrected chi connectivity index (χ3v) is 5.22. The van der Waals surface area contributed by atoms with Crippen LogP contribution in [0.3, 0.4) is 0 Å². The minimum absolute atomic E-state index is 0.0540. The average molecular weight is 346 g/mol. The fourth-order valence-corrected chi connectivity index (χ4v) is 3.84. The van der Waals surface area contributed by atoms with Crippen LogP contribution in [0.15, 0.2) is 18.2 Å². The number of hydrogen-bond donors (Lipinski definition) is 0. The van der Waals surface area contributed by atoms with Crippen molar-refractivity contribution in [3.05, 3.63) is 29.3 Å². The third-order valence-electron chi connectivity index (χ3n) is 5.22. The van der Waals surface area contributed by atoms with E-state index in [1.807, 2.05) is 4.90 Å². The number of hydrogen-bond acceptors (Lipinski definition) is 4. The van der Waals surface area contributed by atoms with Gasteiger partial charge in [-0.05, 0) is 50.8 Å². The summed E-state index contributed by atoms with van der Waals surface area (Å²) in [6, 6.07) is 6.28. The van der Waals surface area contributed by atoms with Gasteiger partial charge in [0.25, 0.3) is 0 Å². The van der Waals surface area contributed by atoms with Crippen molar-refractivity contribution in [1.29, 1.82) is 0 Å². The number of ether oxygens (including phenoxy) is 2. The number of carbonyl (C=O) groups excluding carboxylic acids is 1. The van der Waals surface area contributed by atoms with Gasteiger partial charge in [0, 0.05) is 19.6 Å². The second-order valence-electron chi connectivity index (χ2n) is 7.05. The lowest BCUT2D eigenvalue weighted by Crippen LogP contribution is -2.49. The highest BCUT2D eigenvalue weighted by molar-refractivity contribution is 5.82. The van der Waals surface area contributed by atoms with Gasteiger partial charge in [-0.15, -0.1) is 0 Å². The van der Waals surface area contributed by atoms with E-state index in [9.17, 15) is 4.79 Å². The molecule has 0 spiro atoms. The Hall–Kier alpha value is -1.59. The second kappa shape index (κ2) is 8.68. The fourth-order valence-electron chi connectivity index (χ4n) is 3.84. The van der Waals surface area contributed by atoms with Crippen LogP contribution in [0.1, 0.15) is 30.4 Å². The first-order chi connectivity index (χ1) is 12.2. The zero-order chi connectivity index (χ0) is 17.6. The molecule has 2 aliphatic heterocycles. The van der Waals surface area contributed by atoms with Gasteiger partial charge in [-0.2, -0.15) is 0 Å². The molecule has 0 saturated carbocycles. The highest BCUT2D eigenvalue weighted by atomic mass is 16.5. The van der Waals surface area contributed by atoms with Crippen LogP contribution in [-0.2, 0) is 9.53 Å². The van der Waals surface area contributed by atoms with E-state index >= 15 is 0 Å². The quantitative estimate of drug-likeness (QED) is 0.742. The summed E-state index contributed by atoms with van der Waals surface area (Å²) in [7, 11) is 0. The molecule has 1 aromatic rings. The predicted octanol–water partition coefficient (Wildman–Crippen LogP) is 2.40. The smallest absolute Gasteiger partial charge is 0.240 e. The number of amides is 1. The van der Waals surface area contributed by atoms with Crippen molar-refractivity contribution < 1.29 is 14.3 Å². The summed E-state index contributed by atoms with van der Waals surface area (Å²) in [6.45, 7) is 9.61. The Bertz CT molecular complexity index is 564. The van der Waals surface area contributed by atoms with E-state index in [2.05, 4.69) is 36.9 Å². The summed E-state index contributed by atoms with van der Waals surface area (Å²) >= 11 is 0. The molecule has 3 rings (SSSR count). The molecule has 0 radical (unpaired) electrons. The molecule has 2 aliphatic rings. The molecule has 1 atom stereocenters. The lowest BCUT2D eigenvalue weighted by atomic mass is 10.1. The molecule has 138 valence electrons. The Morgan fingerprint density at radius 3 is 2.64 bits per heavy atom. The molecule has 1 aromatic carbocycles. The van der Waals surface area contributed by atoms with E-state index in [0.29, 0.717) is 19.8 Å². The summed E-state index contributed by atoms with van der Waals surface area (Å²) in [4.78, 5) is 17.1. The molecule has 0 aliphatic carbocycles. The Kier molecular flexibility index (Phi) is 6.32. The Morgan fingerprint density at radius 1 is 1.20 bits per heavy atom. The molecule has 0 aromatic heterocycles. The number of carbonyl (C=O) groups is 1. The van der Waals surface area contributed by atoms with Gasteiger partial charge in [-0.3, -0.25) is 9.69 Å². The van der Waals surface area contributed by atoms with Crippen molar-refractivity contribution in [3.63, 3.8) is 0 Å². The molecule has 0 bridgehead atoms. The molecule has 25 heavy (non-hydrogen) atoms. The van der Waals surface area contributed by atoms with Crippen molar-refractivity contribution in [3.8, 4) is 5.75 Å². The van der Waals surface area contributed by atoms with Gasteiger partial charge in [-0.1, -0.05) is 18.2 Å². The highest BCUT2D eigenvalue weighted by Gasteiger charge is 2.33. The zero-order valence-electron chi connectivity index (χ0n) is 15.5. The summed E-state index contributed by atoms with van der Waals surface area (Å²) in [6.07, 6.45) is 3.03. The fraction of sp³-hybridized carbons (Fsp3) is 0.650. The number of para-hydroxylation sites is 1. The van der Waals surface area contributed by atoms with E-state index < -0.39 is 0 Å². The van der Waals surface area contributed by atoms with Crippen molar-refractivity contribution >= 4 is 5.91 Å². The number of rotatable bonds is 6. The molecule has 2 heterocycles. The van der Waals surface area contributed by atoms with Crippen molar-refractivity contribution in [2.24, 2.45) is 0 Å². The van der Waals surface area contributed by atoms with Gasteiger partial charge < -0.3 is 14.4 Å². The highest BCUT2D eigenvalue weighted by Crippen LogP contribution is 2.23. The first-order valence-electron chi connectivity index (χ1n) is 9.46. The maximum absolute atomic E-state index is 12.8. The Labute approximate surface area is 150 Å². The van der Waals surface area contributed by atoms with E-state index in [-0.39, 0.29) is 11.9 Å². The van der Waals surface area contributed by atoms with E-state index in [4.69, 9.17) is 9.47 Å². The molecule has 5 heteroatoms. The van der Waals surface area contributed by atoms with Gasteiger partial charge in [-0.25, -0.2) is 0 Å². The number of nitrogens with zero attached hydrogens (tertiary/aromatic N) is 2. The topological polar surface area (TPSA) is 42.0 Å². The van der Waals surface area contributed by atoms with Crippen LogP contribution in [-0.4, -0.2) is 67.7 Å². The Morgan fingerprint density at radius 2 is 1.92 bits per heavy atom. The summed E-state index contributed by atoms with van der Waals surface area (Å²) < 4.78 is 11.4. The lowest BCUT2D eigenvalue weighted by molar-refractivity contribution is -0.140. The molecule has 1 unspecified atom stereocenters. The first kappa shape index (κ1) is 18.2. The molecule has 1 amide bonds. The zero-order valence-corrected chi connectivity index (χ0v) is 15.5. The summed E-state index contributed by atoms with van der Waals surface area (Å²) in [5.41, 5.74) is 2.36. The maximum Gasteiger partial charge on any atom is 0.240 e. The monoisotopic (exact) mass is 346 g/mol. The van der Waals surface area contributed by atoms with Gasteiger partial charge in [0.2, 0.25) is 5.91 Å². The van der Waals surface area contributed by atoms with E-state index in [0.717, 1.165) is 51.2 Å². The summed E-state index contributed by atoms with van der Waals surface area (Å²) in [5, 5.41) is 0. The first-order valence-corrected chi connectivity index (χ1v) is 9.46. The van der Waals surface area contributed by atoms with Crippen molar-refractivity contribution in [2.75, 3.05) is 46.0 Å². The van der Waals surface area contributed by atoms with Crippen LogP contribution < -0.4 is 4.74 Å². The van der Waals surface area contributed by atoms with Crippen LogP contribution in [0.4, 0.5) is 0 Å². The average Bonchev–Trinajstić information content (AvgIpc) is 3.09. The normalized spacial score (nSPS) is 21.5. The molecular formula is C20H30N2O3. The van der Waals surface area contributed by atoms with Gasteiger partial charge >= 0.3 is 0 Å².